The predicted molar refractivity (Wildman–Crippen MR) is 104 cm³/mol. The van der Waals surface area contributed by atoms with Gasteiger partial charge in [0.2, 0.25) is 0 Å². The molecule has 150 valence electrons. The highest BCUT2D eigenvalue weighted by Crippen LogP contribution is 2.39. The normalized spacial score (nSPS) is 23.7. The van der Waals surface area contributed by atoms with Crippen LogP contribution in [0.15, 0.2) is 41.2 Å². The molecule has 28 heavy (non-hydrogen) atoms. The van der Waals surface area contributed by atoms with Crippen molar-refractivity contribution < 1.29 is 13.9 Å². The molecule has 4 nitrogen and oxygen atoms in total. The zero-order valence-corrected chi connectivity index (χ0v) is 15.9. The molecule has 3 N–H and O–H groups in total. The van der Waals surface area contributed by atoms with Gasteiger partial charge in [0, 0.05) is 35.7 Å². The summed E-state index contributed by atoms with van der Waals surface area (Å²) in [6.07, 6.45) is 3.81. The van der Waals surface area contributed by atoms with Gasteiger partial charge in [-0.15, -0.1) is 0 Å². The highest BCUT2D eigenvalue weighted by atomic mass is 19.3. The smallest absolute Gasteiger partial charge is 0.270 e. The number of benzene rings is 1. The zero-order chi connectivity index (χ0) is 19.9. The number of aliphatic hydroxyl groups is 1. The van der Waals surface area contributed by atoms with Gasteiger partial charge < -0.3 is 10.1 Å². The van der Waals surface area contributed by atoms with Crippen molar-refractivity contribution in [3.63, 3.8) is 0 Å². The number of pyridine rings is 1. The maximum atomic E-state index is 13.6. The number of aromatic nitrogens is 1. The van der Waals surface area contributed by atoms with Gasteiger partial charge in [0.25, 0.3) is 11.5 Å². The number of hydrogen-bond acceptors (Lipinski definition) is 3. The lowest BCUT2D eigenvalue weighted by atomic mass is 9.87. The van der Waals surface area contributed by atoms with Crippen molar-refractivity contribution in [3.05, 3.63) is 69.1 Å². The number of H-pyrrole nitrogens is 1. The van der Waals surface area contributed by atoms with Gasteiger partial charge >= 0.3 is 0 Å². The molecule has 0 radical (unpaired) electrons. The van der Waals surface area contributed by atoms with Crippen molar-refractivity contribution >= 4 is 0 Å². The van der Waals surface area contributed by atoms with E-state index in [-0.39, 0.29) is 23.1 Å². The summed E-state index contributed by atoms with van der Waals surface area (Å²) in [6.45, 7) is 0.886. The molecule has 1 aliphatic carbocycles. The Morgan fingerprint density at radius 1 is 1.11 bits per heavy atom. The minimum absolute atomic E-state index is 0.0259. The second-order valence-corrected chi connectivity index (χ2v) is 8.23. The maximum absolute atomic E-state index is 13.6. The van der Waals surface area contributed by atoms with E-state index in [1.54, 1.807) is 12.1 Å². The molecule has 2 fully saturated rings. The minimum Gasteiger partial charge on any atom is -0.379 e. The van der Waals surface area contributed by atoms with Crippen LogP contribution in [0, 0.1) is 0 Å². The molecule has 6 heteroatoms. The minimum atomic E-state index is -2.88. The van der Waals surface area contributed by atoms with Gasteiger partial charge in [-0.05, 0) is 49.7 Å². The molecule has 0 bridgehead atoms. The van der Waals surface area contributed by atoms with Crippen molar-refractivity contribution in [3.8, 4) is 0 Å². The quantitative estimate of drug-likeness (QED) is 0.702. The number of nitrogens with one attached hydrogen (secondary N) is 2. The number of rotatable bonds is 6. The molecular weight excluding hydrogens is 362 g/mol. The van der Waals surface area contributed by atoms with Crippen LogP contribution in [0.2, 0.25) is 0 Å². The number of alkyl halides is 2. The Morgan fingerprint density at radius 2 is 1.82 bits per heavy atom. The summed E-state index contributed by atoms with van der Waals surface area (Å²) in [5.41, 5.74) is 2.42. The summed E-state index contributed by atoms with van der Waals surface area (Å²) < 4.78 is 27.1. The van der Waals surface area contributed by atoms with Gasteiger partial charge in [-0.1, -0.05) is 30.3 Å². The fraction of sp³-hybridized carbons (Fsp3) is 0.500. The third kappa shape index (κ3) is 4.18. The Kier molecular flexibility index (Phi) is 5.10. The van der Waals surface area contributed by atoms with Gasteiger partial charge in [0.05, 0.1) is 0 Å². The first-order chi connectivity index (χ1) is 13.3. The molecule has 1 aromatic heterocycles. The molecule has 0 spiro atoms. The summed E-state index contributed by atoms with van der Waals surface area (Å²) >= 11 is 0. The van der Waals surface area contributed by atoms with Crippen LogP contribution in [0.3, 0.4) is 0 Å². The largest absolute Gasteiger partial charge is 0.379 e. The lowest BCUT2D eigenvalue weighted by Gasteiger charge is -2.23. The van der Waals surface area contributed by atoms with Crippen LogP contribution in [-0.2, 0) is 5.92 Å². The Balaban J connectivity index is 1.65. The summed E-state index contributed by atoms with van der Waals surface area (Å²) in [7, 11) is 0. The Hall–Kier alpha value is -2.05. The van der Waals surface area contributed by atoms with Crippen LogP contribution in [0.4, 0.5) is 8.78 Å². The van der Waals surface area contributed by atoms with Crippen LogP contribution < -0.4 is 10.9 Å². The summed E-state index contributed by atoms with van der Waals surface area (Å²) in [6, 6.07) is 10.3. The van der Waals surface area contributed by atoms with E-state index in [2.05, 4.69) is 10.3 Å². The van der Waals surface area contributed by atoms with E-state index in [0.717, 1.165) is 43.0 Å². The molecule has 2 aliphatic rings. The molecule has 4 rings (SSSR count). The van der Waals surface area contributed by atoms with Crippen LogP contribution in [0.1, 0.15) is 73.2 Å². The fourth-order valence-electron chi connectivity index (χ4n) is 4.14. The van der Waals surface area contributed by atoms with Crippen molar-refractivity contribution in [1.82, 2.24) is 10.3 Å². The van der Waals surface area contributed by atoms with Crippen molar-refractivity contribution in [2.75, 3.05) is 0 Å². The van der Waals surface area contributed by atoms with E-state index in [0.29, 0.717) is 18.8 Å². The Labute approximate surface area is 163 Å². The number of halogens is 2. The monoisotopic (exact) mass is 388 g/mol. The summed E-state index contributed by atoms with van der Waals surface area (Å²) in [5.74, 6) is -2.65. The van der Waals surface area contributed by atoms with Crippen molar-refractivity contribution in [1.29, 1.82) is 0 Å². The van der Waals surface area contributed by atoms with E-state index in [4.69, 9.17) is 0 Å². The van der Waals surface area contributed by atoms with Gasteiger partial charge in [-0.25, -0.2) is 8.78 Å². The van der Waals surface area contributed by atoms with Crippen LogP contribution in [0.5, 0.6) is 0 Å². The molecule has 1 saturated carbocycles. The lowest BCUT2D eigenvalue weighted by Crippen LogP contribution is -2.31. The average molecular weight is 388 g/mol. The number of aliphatic hydroxyl groups excluding tert-OH is 1. The maximum Gasteiger partial charge on any atom is 0.270 e. The third-order valence-corrected chi connectivity index (χ3v) is 5.91. The molecule has 1 aliphatic heterocycles. The first-order valence-corrected chi connectivity index (χ1v) is 9.97. The fourth-order valence-corrected chi connectivity index (χ4v) is 4.14. The molecule has 2 aromatic rings. The molecule has 1 saturated heterocycles. The zero-order valence-electron chi connectivity index (χ0n) is 15.9. The Bertz CT molecular complexity index is 885. The predicted octanol–water partition coefficient (Wildman–Crippen LogP) is 3.96. The SMILES string of the molecule is CC(F)(F)c1ccc(C(C[C@H]2CCC(O)N2)c2ccc(C3CC3)c(=O)[nH]2)cc1. The van der Waals surface area contributed by atoms with E-state index >= 15 is 0 Å². The highest BCUT2D eigenvalue weighted by molar-refractivity contribution is 5.34. The third-order valence-electron chi connectivity index (χ3n) is 5.91. The molecular formula is C22H26F2N2O2. The van der Waals surface area contributed by atoms with Crippen molar-refractivity contribution in [2.24, 2.45) is 0 Å². The first kappa shape index (κ1) is 19.3. The second-order valence-electron chi connectivity index (χ2n) is 8.23. The van der Waals surface area contributed by atoms with Gasteiger partial charge in [-0.3, -0.25) is 10.1 Å². The first-order valence-electron chi connectivity index (χ1n) is 9.97. The average Bonchev–Trinajstić information content (AvgIpc) is 3.40. The van der Waals surface area contributed by atoms with Gasteiger partial charge in [0.15, 0.2) is 0 Å². The van der Waals surface area contributed by atoms with E-state index < -0.39 is 12.2 Å². The standard InChI is InChI=1S/C22H26F2N2O2/c1-22(23,24)15-6-4-14(5-7-15)18(12-16-8-11-20(27)25-16)19-10-9-17(13-2-3-13)21(28)26-19/h4-7,9-10,13,16,18,20,25,27H,2-3,8,11-12H2,1H3,(H,26,28)/t16-,18?,20?/m1/s1. The molecule has 3 atom stereocenters. The lowest BCUT2D eigenvalue weighted by molar-refractivity contribution is 0.0174. The van der Waals surface area contributed by atoms with Gasteiger partial charge in [0.1, 0.15) is 6.23 Å². The topological polar surface area (TPSA) is 65.1 Å². The Morgan fingerprint density at radius 3 is 2.36 bits per heavy atom. The van der Waals surface area contributed by atoms with Crippen LogP contribution in [0.25, 0.3) is 0 Å². The van der Waals surface area contributed by atoms with Crippen molar-refractivity contribution in [2.45, 2.75) is 69.1 Å². The van der Waals surface area contributed by atoms with Gasteiger partial charge in [-0.2, -0.15) is 0 Å². The van der Waals surface area contributed by atoms with Crippen LogP contribution in [-0.4, -0.2) is 22.4 Å². The van der Waals surface area contributed by atoms with E-state index in [9.17, 15) is 18.7 Å². The highest BCUT2D eigenvalue weighted by Gasteiger charge is 2.30. The molecule has 2 unspecified atom stereocenters. The van der Waals surface area contributed by atoms with E-state index in [1.165, 1.54) is 12.1 Å². The summed E-state index contributed by atoms with van der Waals surface area (Å²) in [4.78, 5) is 15.6. The van der Waals surface area contributed by atoms with Crippen LogP contribution >= 0.6 is 0 Å². The second kappa shape index (κ2) is 7.41. The molecule has 0 amide bonds. The molecule has 2 heterocycles. The number of aromatic amines is 1. The van der Waals surface area contributed by atoms with E-state index in [1.807, 2.05) is 12.1 Å². The number of hydrogen-bond donors (Lipinski definition) is 3. The molecule has 1 aromatic carbocycles. The summed E-state index contributed by atoms with van der Waals surface area (Å²) in [5, 5.41) is 12.9.